The van der Waals surface area contributed by atoms with Gasteiger partial charge in [-0.1, -0.05) is 6.92 Å². The first-order chi connectivity index (χ1) is 10.6. The first-order valence-electron chi connectivity index (χ1n) is 7.67. The zero-order chi connectivity index (χ0) is 17.8. The fourth-order valence-corrected chi connectivity index (χ4v) is 2.49. The molecular weight excluding hydrogens is 309 g/mol. The Bertz CT molecular complexity index is 619. The minimum Gasteiger partial charge on any atom is -0.350 e. The van der Waals surface area contributed by atoms with Crippen molar-refractivity contribution in [3.8, 4) is 0 Å². The molecule has 23 heavy (non-hydrogen) atoms. The minimum atomic E-state index is -4.25. The Balaban J connectivity index is 3.18. The van der Waals surface area contributed by atoms with Crippen LogP contribution in [-0.2, 0) is 13.0 Å². The quantitative estimate of drug-likeness (QED) is 0.870. The number of halogens is 3. The summed E-state index contributed by atoms with van der Waals surface area (Å²) in [6.07, 6.45) is -4.88. The maximum absolute atomic E-state index is 12.5. The number of pyridine rings is 1. The van der Waals surface area contributed by atoms with Gasteiger partial charge >= 0.3 is 6.18 Å². The second-order valence-electron chi connectivity index (χ2n) is 5.84. The van der Waals surface area contributed by atoms with Gasteiger partial charge in [0.05, 0.1) is 0 Å². The van der Waals surface area contributed by atoms with Crippen molar-refractivity contribution in [2.75, 3.05) is 0 Å². The van der Waals surface area contributed by atoms with Crippen molar-refractivity contribution >= 4 is 5.91 Å². The second kappa shape index (κ2) is 7.66. The van der Waals surface area contributed by atoms with Crippen molar-refractivity contribution in [2.24, 2.45) is 0 Å². The predicted molar refractivity (Wildman–Crippen MR) is 82.7 cm³/mol. The average molecular weight is 332 g/mol. The number of aryl methyl sites for hydroxylation is 1. The van der Waals surface area contributed by atoms with Gasteiger partial charge in [0.1, 0.15) is 5.56 Å². The summed E-state index contributed by atoms with van der Waals surface area (Å²) in [4.78, 5) is 24.6. The maximum atomic E-state index is 12.5. The fraction of sp³-hybridized carbons (Fsp3) is 0.625. The van der Waals surface area contributed by atoms with Gasteiger partial charge in [0, 0.05) is 24.7 Å². The van der Waals surface area contributed by atoms with Gasteiger partial charge in [-0.25, -0.2) is 0 Å². The smallest absolute Gasteiger partial charge is 0.350 e. The molecule has 130 valence electrons. The number of carbonyl (C=O) groups excluding carboxylic acids is 1. The standard InChI is InChI=1S/C16H23F3N2O2/c1-5-13-11(4)9-12(14(22)20-10(2)3)15(23)21(13)8-6-7-16(17,18)19/h9-10H,5-8H2,1-4H3,(H,20,22). The van der Waals surface area contributed by atoms with E-state index in [1.165, 1.54) is 10.6 Å². The molecule has 0 aliphatic rings. The van der Waals surface area contributed by atoms with Crippen LogP contribution in [0.25, 0.3) is 0 Å². The van der Waals surface area contributed by atoms with E-state index >= 15 is 0 Å². The molecule has 1 aromatic rings. The summed E-state index contributed by atoms with van der Waals surface area (Å²) in [5, 5.41) is 2.64. The summed E-state index contributed by atoms with van der Waals surface area (Å²) in [6, 6.07) is 1.38. The monoisotopic (exact) mass is 332 g/mol. The third kappa shape index (κ3) is 5.41. The average Bonchev–Trinajstić information content (AvgIpc) is 2.40. The molecule has 0 spiro atoms. The number of hydrogen-bond acceptors (Lipinski definition) is 2. The molecule has 0 saturated heterocycles. The molecule has 4 nitrogen and oxygen atoms in total. The lowest BCUT2D eigenvalue weighted by atomic mass is 10.1. The molecule has 1 amide bonds. The number of nitrogens with one attached hydrogen (secondary N) is 1. The van der Waals surface area contributed by atoms with Crippen LogP contribution in [0.1, 0.15) is 55.2 Å². The fourth-order valence-electron chi connectivity index (χ4n) is 2.49. The molecule has 0 aliphatic heterocycles. The van der Waals surface area contributed by atoms with E-state index in [1.807, 2.05) is 6.92 Å². The van der Waals surface area contributed by atoms with Crippen LogP contribution in [-0.4, -0.2) is 22.7 Å². The van der Waals surface area contributed by atoms with Crippen LogP contribution < -0.4 is 10.9 Å². The van der Waals surface area contributed by atoms with Gasteiger partial charge in [-0.3, -0.25) is 9.59 Å². The van der Waals surface area contributed by atoms with E-state index in [0.717, 1.165) is 5.56 Å². The molecule has 0 saturated carbocycles. The lowest BCUT2D eigenvalue weighted by Gasteiger charge is -2.17. The van der Waals surface area contributed by atoms with Crippen molar-refractivity contribution < 1.29 is 18.0 Å². The number of hydrogen-bond donors (Lipinski definition) is 1. The SMILES string of the molecule is CCc1c(C)cc(C(=O)NC(C)C)c(=O)n1CCCC(F)(F)F. The first-order valence-corrected chi connectivity index (χ1v) is 7.67. The zero-order valence-corrected chi connectivity index (χ0v) is 13.9. The Morgan fingerprint density at radius 2 is 1.96 bits per heavy atom. The summed E-state index contributed by atoms with van der Waals surface area (Å²) in [7, 11) is 0. The molecule has 1 aromatic heterocycles. The van der Waals surface area contributed by atoms with Crippen molar-refractivity contribution in [1.82, 2.24) is 9.88 Å². The Kier molecular flexibility index (Phi) is 6.41. The highest BCUT2D eigenvalue weighted by Crippen LogP contribution is 2.22. The summed E-state index contributed by atoms with van der Waals surface area (Å²) in [5.41, 5.74) is 0.833. The van der Waals surface area contributed by atoms with Gasteiger partial charge in [-0.2, -0.15) is 13.2 Å². The lowest BCUT2D eigenvalue weighted by molar-refractivity contribution is -0.135. The maximum Gasteiger partial charge on any atom is 0.389 e. The highest BCUT2D eigenvalue weighted by molar-refractivity contribution is 5.94. The molecule has 1 N–H and O–H groups in total. The molecule has 0 aromatic carbocycles. The van der Waals surface area contributed by atoms with Gasteiger partial charge in [0.2, 0.25) is 0 Å². The van der Waals surface area contributed by atoms with E-state index in [-0.39, 0.29) is 24.6 Å². The van der Waals surface area contributed by atoms with Crippen LogP contribution >= 0.6 is 0 Å². The normalized spacial score (nSPS) is 11.8. The third-order valence-electron chi connectivity index (χ3n) is 3.46. The summed E-state index contributed by atoms with van der Waals surface area (Å²) in [5.74, 6) is -0.500. The molecule has 0 bridgehead atoms. The van der Waals surface area contributed by atoms with Crippen LogP contribution in [0, 0.1) is 6.92 Å². The molecule has 7 heteroatoms. The molecule has 0 radical (unpaired) electrons. The zero-order valence-electron chi connectivity index (χ0n) is 13.9. The molecule has 1 rings (SSSR count). The Morgan fingerprint density at radius 1 is 1.35 bits per heavy atom. The number of carbonyl (C=O) groups is 1. The summed E-state index contributed by atoms with van der Waals surface area (Å²) < 4.78 is 38.3. The van der Waals surface area contributed by atoms with E-state index in [2.05, 4.69) is 5.32 Å². The van der Waals surface area contributed by atoms with Crippen molar-refractivity contribution in [3.63, 3.8) is 0 Å². The van der Waals surface area contributed by atoms with Crippen molar-refractivity contribution in [3.05, 3.63) is 33.2 Å². The summed E-state index contributed by atoms with van der Waals surface area (Å²) >= 11 is 0. The third-order valence-corrected chi connectivity index (χ3v) is 3.46. The Hall–Kier alpha value is -1.79. The largest absolute Gasteiger partial charge is 0.389 e. The number of alkyl halides is 3. The number of aromatic nitrogens is 1. The first kappa shape index (κ1) is 19.3. The molecule has 0 aliphatic carbocycles. The topological polar surface area (TPSA) is 51.1 Å². The van der Waals surface area contributed by atoms with E-state index in [1.54, 1.807) is 20.8 Å². The van der Waals surface area contributed by atoms with Crippen LogP contribution in [0.4, 0.5) is 13.2 Å². The second-order valence-corrected chi connectivity index (χ2v) is 5.84. The van der Waals surface area contributed by atoms with Gasteiger partial charge in [-0.05, 0) is 45.2 Å². The highest BCUT2D eigenvalue weighted by atomic mass is 19.4. The molecule has 0 fully saturated rings. The molecule has 1 heterocycles. The number of nitrogens with zero attached hydrogens (tertiary/aromatic N) is 1. The number of amides is 1. The van der Waals surface area contributed by atoms with Gasteiger partial charge < -0.3 is 9.88 Å². The van der Waals surface area contributed by atoms with Crippen molar-refractivity contribution in [2.45, 2.75) is 65.7 Å². The summed E-state index contributed by atoms with van der Waals surface area (Å²) in [6.45, 7) is 7.08. The lowest BCUT2D eigenvalue weighted by Crippen LogP contribution is -2.37. The Morgan fingerprint density at radius 3 is 2.43 bits per heavy atom. The van der Waals surface area contributed by atoms with E-state index in [4.69, 9.17) is 0 Å². The highest BCUT2D eigenvalue weighted by Gasteiger charge is 2.26. The predicted octanol–water partition coefficient (Wildman–Crippen LogP) is 3.20. The van der Waals surface area contributed by atoms with E-state index in [0.29, 0.717) is 12.1 Å². The van der Waals surface area contributed by atoms with Crippen LogP contribution in [0.2, 0.25) is 0 Å². The van der Waals surface area contributed by atoms with Gasteiger partial charge in [0.15, 0.2) is 0 Å². The van der Waals surface area contributed by atoms with Crippen LogP contribution in [0.15, 0.2) is 10.9 Å². The number of rotatable bonds is 6. The minimum absolute atomic E-state index is 0.0274. The van der Waals surface area contributed by atoms with Gasteiger partial charge in [-0.15, -0.1) is 0 Å². The molecular formula is C16H23F3N2O2. The van der Waals surface area contributed by atoms with Gasteiger partial charge in [0.25, 0.3) is 11.5 Å². The molecule has 0 unspecified atom stereocenters. The molecule has 0 atom stereocenters. The van der Waals surface area contributed by atoms with E-state index < -0.39 is 24.1 Å². The van der Waals surface area contributed by atoms with Crippen molar-refractivity contribution in [1.29, 1.82) is 0 Å². The van der Waals surface area contributed by atoms with Crippen LogP contribution in [0.3, 0.4) is 0 Å². The van der Waals surface area contributed by atoms with Crippen LogP contribution in [0.5, 0.6) is 0 Å². The Labute approximate surface area is 133 Å². The van der Waals surface area contributed by atoms with E-state index in [9.17, 15) is 22.8 Å².